The molecule has 0 saturated carbocycles. The standard InChI is InChI=1S/C15H24O.C4H9/c1-10-8-11(14(2,3)4)13(16)12(9-10)15(5,6)7;1-4(2)3/h8-9,16H,1-7H3;1-3H3. The number of aromatic hydroxyl groups is 1. The van der Waals surface area contributed by atoms with Crippen molar-refractivity contribution >= 4 is 0 Å². The fourth-order valence-electron chi connectivity index (χ4n) is 1.92. The molecule has 1 radical (unpaired) electrons. The van der Waals surface area contributed by atoms with Crippen LogP contribution in [0.3, 0.4) is 0 Å². The molecule has 0 bridgehead atoms. The van der Waals surface area contributed by atoms with Crippen LogP contribution in [0.1, 0.15) is 79.0 Å². The van der Waals surface area contributed by atoms with Crippen LogP contribution >= 0.6 is 0 Å². The smallest absolute Gasteiger partial charge is 0.123 e. The minimum absolute atomic E-state index is 0.0178. The summed E-state index contributed by atoms with van der Waals surface area (Å²) in [7, 11) is 0. The van der Waals surface area contributed by atoms with E-state index >= 15 is 0 Å². The molecule has 20 heavy (non-hydrogen) atoms. The molecule has 1 aromatic carbocycles. The third-order valence-corrected chi connectivity index (χ3v) is 2.87. The van der Waals surface area contributed by atoms with Crippen LogP contribution in [0.4, 0.5) is 0 Å². The van der Waals surface area contributed by atoms with E-state index in [1.807, 2.05) is 0 Å². The van der Waals surface area contributed by atoms with Crippen molar-refractivity contribution in [1.29, 1.82) is 0 Å². The summed E-state index contributed by atoms with van der Waals surface area (Å²) in [5.41, 5.74) is 3.26. The lowest BCUT2D eigenvalue weighted by molar-refractivity contribution is 0.423. The summed E-state index contributed by atoms with van der Waals surface area (Å²) in [4.78, 5) is 0. The number of aryl methyl sites for hydroxylation is 1. The molecule has 1 N–H and O–H groups in total. The molecule has 115 valence electrons. The van der Waals surface area contributed by atoms with Crippen molar-refractivity contribution in [3.8, 4) is 5.75 Å². The minimum Gasteiger partial charge on any atom is -0.507 e. The van der Waals surface area contributed by atoms with Gasteiger partial charge in [-0.2, -0.15) is 0 Å². The van der Waals surface area contributed by atoms with Crippen molar-refractivity contribution in [2.75, 3.05) is 0 Å². The molecule has 0 heterocycles. The zero-order valence-electron chi connectivity index (χ0n) is 15.1. The SMILES string of the molecule is C[C](C)C.Cc1cc(C(C)(C)C)c(O)c(C(C)(C)C)c1. The summed E-state index contributed by atoms with van der Waals surface area (Å²) in [5, 5.41) is 10.4. The maximum Gasteiger partial charge on any atom is 0.123 e. The largest absolute Gasteiger partial charge is 0.507 e. The van der Waals surface area contributed by atoms with Crippen molar-refractivity contribution in [3.63, 3.8) is 0 Å². The third-order valence-electron chi connectivity index (χ3n) is 2.87. The number of phenolic OH excluding ortho intramolecular Hbond substituents is 1. The van der Waals surface area contributed by atoms with E-state index in [-0.39, 0.29) is 10.8 Å². The molecular weight excluding hydrogens is 244 g/mol. The average molecular weight is 277 g/mol. The van der Waals surface area contributed by atoms with E-state index < -0.39 is 0 Å². The van der Waals surface area contributed by atoms with E-state index in [2.05, 4.69) is 81.4 Å². The second-order valence-electron chi connectivity index (χ2n) is 8.21. The first-order valence-corrected chi connectivity index (χ1v) is 7.38. The first kappa shape index (κ1) is 19.0. The number of hydrogen-bond donors (Lipinski definition) is 1. The van der Waals surface area contributed by atoms with E-state index in [1.54, 1.807) is 0 Å². The van der Waals surface area contributed by atoms with Gasteiger partial charge in [0, 0.05) is 0 Å². The summed E-state index contributed by atoms with van der Waals surface area (Å²) < 4.78 is 0. The highest BCUT2D eigenvalue weighted by Gasteiger charge is 2.25. The Morgan fingerprint density at radius 1 is 0.800 bits per heavy atom. The Morgan fingerprint density at radius 3 is 1.25 bits per heavy atom. The molecule has 0 aliphatic rings. The van der Waals surface area contributed by atoms with Gasteiger partial charge in [0.15, 0.2) is 0 Å². The lowest BCUT2D eigenvalue weighted by Crippen LogP contribution is -2.17. The molecule has 0 spiro atoms. The van der Waals surface area contributed by atoms with Crippen LogP contribution in [-0.2, 0) is 10.8 Å². The van der Waals surface area contributed by atoms with Crippen LogP contribution in [0.25, 0.3) is 0 Å². The van der Waals surface area contributed by atoms with Gasteiger partial charge in [-0.05, 0) is 34.8 Å². The van der Waals surface area contributed by atoms with Crippen LogP contribution < -0.4 is 0 Å². The Bertz CT molecular complexity index is 390. The number of phenols is 1. The zero-order valence-corrected chi connectivity index (χ0v) is 15.1. The van der Waals surface area contributed by atoms with Crippen LogP contribution in [0, 0.1) is 12.8 Å². The highest BCUT2D eigenvalue weighted by molar-refractivity contribution is 5.49. The van der Waals surface area contributed by atoms with Gasteiger partial charge in [0.05, 0.1) is 0 Å². The van der Waals surface area contributed by atoms with Gasteiger partial charge in [0.25, 0.3) is 0 Å². The monoisotopic (exact) mass is 277 g/mol. The maximum absolute atomic E-state index is 10.4. The van der Waals surface area contributed by atoms with Gasteiger partial charge in [0.1, 0.15) is 5.75 Å². The van der Waals surface area contributed by atoms with Gasteiger partial charge in [0.2, 0.25) is 0 Å². The van der Waals surface area contributed by atoms with Crippen LogP contribution in [0.15, 0.2) is 12.1 Å². The van der Waals surface area contributed by atoms with Crippen LogP contribution in [-0.4, -0.2) is 5.11 Å². The molecule has 1 rings (SSSR count). The quantitative estimate of drug-likeness (QED) is 0.624. The van der Waals surface area contributed by atoms with E-state index in [4.69, 9.17) is 0 Å². The van der Waals surface area contributed by atoms with E-state index in [1.165, 1.54) is 11.5 Å². The van der Waals surface area contributed by atoms with E-state index in [0.29, 0.717) is 5.75 Å². The molecule has 0 saturated heterocycles. The van der Waals surface area contributed by atoms with E-state index in [0.717, 1.165) is 11.1 Å². The fraction of sp³-hybridized carbons (Fsp3) is 0.632. The normalized spacial score (nSPS) is 12.2. The van der Waals surface area contributed by atoms with Crippen molar-refractivity contribution in [2.45, 2.75) is 80.1 Å². The van der Waals surface area contributed by atoms with Crippen LogP contribution in [0.5, 0.6) is 5.75 Å². The number of benzene rings is 1. The lowest BCUT2D eigenvalue weighted by Gasteiger charge is -2.27. The van der Waals surface area contributed by atoms with Crippen LogP contribution in [0.2, 0.25) is 0 Å². The molecule has 0 amide bonds. The molecule has 1 aromatic rings. The molecule has 0 aromatic heterocycles. The molecule has 1 nitrogen and oxygen atoms in total. The summed E-state index contributed by atoms with van der Waals surface area (Å²) >= 11 is 0. The van der Waals surface area contributed by atoms with Gasteiger partial charge in [-0.15, -0.1) is 0 Å². The van der Waals surface area contributed by atoms with Crippen molar-refractivity contribution in [1.82, 2.24) is 0 Å². The highest BCUT2D eigenvalue weighted by Crippen LogP contribution is 2.39. The minimum atomic E-state index is -0.0178. The summed E-state index contributed by atoms with van der Waals surface area (Å²) in [6.45, 7) is 21.1. The topological polar surface area (TPSA) is 20.2 Å². The van der Waals surface area contributed by atoms with E-state index in [9.17, 15) is 5.11 Å². The molecule has 0 aliphatic carbocycles. The Labute approximate surface area is 126 Å². The Hall–Kier alpha value is -0.980. The predicted octanol–water partition coefficient (Wildman–Crippen LogP) is 5.92. The lowest BCUT2D eigenvalue weighted by atomic mass is 9.78. The first-order valence-electron chi connectivity index (χ1n) is 7.38. The fourth-order valence-corrected chi connectivity index (χ4v) is 1.92. The highest BCUT2D eigenvalue weighted by atomic mass is 16.3. The van der Waals surface area contributed by atoms with Gasteiger partial charge in [-0.1, -0.05) is 80.0 Å². The summed E-state index contributed by atoms with van der Waals surface area (Å²) in [6.07, 6.45) is 0. The third kappa shape index (κ3) is 5.98. The molecule has 0 aliphatic heterocycles. The van der Waals surface area contributed by atoms with Gasteiger partial charge >= 0.3 is 0 Å². The van der Waals surface area contributed by atoms with Crippen molar-refractivity contribution in [2.24, 2.45) is 0 Å². The zero-order chi connectivity index (χ0) is 16.3. The second kappa shape index (κ2) is 6.65. The summed E-state index contributed by atoms with van der Waals surface area (Å²) in [6, 6.07) is 4.18. The molecule has 0 fully saturated rings. The first-order chi connectivity index (χ1) is 8.76. The Morgan fingerprint density at radius 2 is 1.05 bits per heavy atom. The molecule has 0 atom stereocenters. The molecule has 0 unspecified atom stereocenters. The van der Waals surface area contributed by atoms with Crippen molar-refractivity contribution in [3.05, 3.63) is 34.7 Å². The molecule has 1 heteroatoms. The molecular formula is C19H33O. The number of rotatable bonds is 0. The summed E-state index contributed by atoms with van der Waals surface area (Å²) in [5.74, 6) is 1.88. The average Bonchev–Trinajstić information content (AvgIpc) is 2.16. The van der Waals surface area contributed by atoms with Gasteiger partial charge in [-0.3, -0.25) is 0 Å². The van der Waals surface area contributed by atoms with Gasteiger partial charge < -0.3 is 5.11 Å². The predicted molar refractivity (Wildman–Crippen MR) is 90.5 cm³/mol. The maximum atomic E-state index is 10.4. The Balaban J connectivity index is 0.000000796. The van der Waals surface area contributed by atoms with Gasteiger partial charge in [-0.25, -0.2) is 0 Å². The second-order valence-corrected chi connectivity index (χ2v) is 8.21. The number of hydrogen-bond acceptors (Lipinski definition) is 1. The Kier molecular flexibility index (Phi) is 6.32. The van der Waals surface area contributed by atoms with Crippen molar-refractivity contribution < 1.29 is 5.11 Å².